The molecule has 9 heteroatoms. The number of hydrogen-bond donors (Lipinski definition) is 1. The van der Waals surface area contributed by atoms with Crippen molar-refractivity contribution in [3.8, 4) is 0 Å². The molecule has 2 aromatic rings. The van der Waals surface area contributed by atoms with Crippen molar-refractivity contribution < 1.29 is 22.8 Å². The van der Waals surface area contributed by atoms with Gasteiger partial charge in [0.1, 0.15) is 12.6 Å². The molecule has 0 aliphatic heterocycles. The smallest absolute Gasteiger partial charge is 0.244 e. The molecule has 0 unspecified atom stereocenters. The van der Waals surface area contributed by atoms with E-state index in [-0.39, 0.29) is 23.9 Å². The number of carbonyl (C=O) groups excluding carboxylic acids is 3. The van der Waals surface area contributed by atoms with E-state index in [0.29, 0.717) is 5.56 Å². The van der Waals surface area contributed by atoms with Crippen LogP contribution in [0.25, 0.3) is 0 Å². The zero-order valence-electron chi connectivity index (χ0n) is 21.5. The number of benzene rings is 2. The molecule has 35 heavy (non-hydrogen) atoms. The Kier molecular flexibility index (Phi) is 8.84. The molecule has 0 aliphatic carbocycles. The van der Waals surface area contributed by atoms with Crippen LogP contribution in [0.15, 0.2) is 48.5 Å². The van der Waals surface area contributed by atoms with E-state index in [1.807, 2.05) is 52.0 Å². The fourth-order valence-electron chi connectivity index (χ4n) is 3.44. The Labute approximate surface area is 208 Å². The van der Waals surface area contributed by atoms with Gasteiger partial charge in [-0.1, -0.05) is 42.0 Å². The number of nitrogens with one attached hydrogen (secondary N) is 1. The summed E-state index contributed by atoms with van der Waals surface area (Å²) in [5.74, 6) is -1.11. The Bertz CT molecular complexity index is 1180. The minimum Gasteiger partial charge on any atom is -0.350 e. The lowest BCUT2D eigenvalue weighted by molar-refractivity contribution is -0.140. The van der Waals surface area contributed by atoms with Gasteiger partial charge in [-0.25, -0.2) is 8.42 Å². The summed E-state index contributed by atoms with van der Waals surface area (Å²) in [6, 6.07) is 12.8. The average molecular weight is 502 g/mol. The van der Waals surface area contributed by atoms with Gasteiger partial charge in [-0.15, -0.1) is 0 Å². The highest BCUT2D eigenvalue weighted by Crippen LogP contribution is 2.21. The first-order valence-corrected chi connectivity index (χ1v) is 13.2. The molecular weight excluding hydrogens is 466 g/mol. The van der Waals surface area contributed by atoms with Crippen molar-refractivity contribution in [2.24, 2.45) is 0 Å². The minimum absolute atomic E-state index is 0.128. The lowest BCUT2D eigenvalue weighted by Gasteiger charge is -2.33. The van der Waals surface area contributed by atoms with Crippen LogP contribution < -0.4 is 9.62 Å². The van der Waals surface area contributed by atoms with Gasteiger partial charge in [0.2, 0.25) is 21.8 Å². The second-order valence-electron chi connectivity index (χ2n) is 9.80. The van der Waals surface area contributed by atoms with Crippen molar-refractivity contribution in [2.75, 3.05) is 17.1 Å². The Balaban J connectivity index is 2.43. The van der Waals surface area contributed by atoms with Gasteiger partial charge in [0.05, 0.1) is 11.9 Å². The van der Waals surface area contributed by atoms with E-state index in [9.17, 15) is 22.8 Å². The Hall–Kier alpha value is -3.20. The first kappa shape index (κ1) is 28.0. The lowest BCUT2D eigenvalue weighted by atomic mass is 10.1. The largest absolute Gasteiger partial charge is 0.350 e. The predicted molar refractivity (Wildman–Crippen MR) is 138 cm³/mol. The maximum atomic E-state index is 13.5. The number of anilines is 1. The van der Waals surface area contributed by atoms with E-state index in [1.165, 1.54) is 24.0 Å². The summed E-state index contributed by atoms with van der Waals surface area (Å²) in [5.41, 5.74) is 1.90. The van der Waals surface area contributed by atoms with Gasteiger partial charge in [0.15, 0.2) is 5.78 Å². The topological polar surface area (TPSA) is 104 Å². The normalized spacial score (nSPS) is 12.5. The Morgan fingerprint density at radius 1 is 1.03 bits per heavy atom. The highest BCUT2D eigenvalue weighted by Gasteiger charge is 2.31. The van der Waals surface area contributed by atoms with Gasteiger partial charge in [0.25, 0.3) is 0 Å². The fraction of sp³-hybridized carbons (Fsp3) is 0.423. The van der Waals surface area contributed by atoms with Crippen LogP contribution in [0.5, 0.6) is 0 Å². The number of rotatable bonds is 9. The highest BCUT2D eigenvalue weighted by atomic mass is 32.2. The molecule has 0 radical (unpaired) electrons. The summed E-state index contributed by atoms with van der Waals surface area (Å²) in [6.07, 6.45) is 1.00. The van der Waals surface area contributed by atoms with Crippen LogP contribution in [0, 0.1) is 6.92 Å². The zero-order valence-corrected chi connectivity index (χ0v) is 22.3. The van der Waals surface area contributed by atoms with Crippen LogP contribution >= 0.6 is 0 Å². The number of Topliss-reactive ketones (excluding diaryl/α,β-unsaturated/α-hetero) is 1. The SMILES string of the molecule is CC(=O)c1cccc(N(CC(=O)N(Cc2ccc(C)cc2)[C@@H](C)C(=O)NC(C)(C)C)S(C)(=O)=O)c1. The van der Waals surface area contributed by atoms with Gasteiger partial charge < -0.3 is 10.2 Å². The van der Waals surface area contributed by atoms with Crippen LogP contribution in [0.2, 0.25) is 0 Å². The molecule has 2 amide bonds. The van der Waals surface area contributed by atoms with E-state index in [1.54, 1.807) is 19.1 Å². The van der Waals surface area contributed by atoms with E-state index >= 15 is 0 Å². The number of nitrogens with zero attached hydrogens (tertiary/aromatic N) is 2. The van der Waals surface area contributed by atoms with Crippen LogP contribution in [0.1, 0.15) is 56.1 Å². The van der Waals surface area contributed by atoms with Crippen LogP contribution in [-0.2, 0) is 26.2 Å². The number of aryl methyl sites for hydroxylation is 1. The second-order valence-corrected chi connectivity index (χ2v) is 11.7. The molecule has 0 saturated carbocycles. The molecule has 2 aromatic carbocycles. The monoisotopic (exact) mass is 501 g/mol. The molecule has 0 heterocycles. The highest BCUT2D eigenvalue weighted by molar-refractivity contribution is 7.92. The number of amides is 2. The Morgan fingerprint density at radius 3 is 2.14 bits per heavy atom. The summed E-state index contributed by atoms with van der Waals surface area (Å²) < 4.78 is 26.3. The van der Waals surface area contributed by atoms with Crippen LogP contribution in [0.4, 0.5) is 5.69 Å². The van der Waals surface area contributed by atoms with Gasteiger partial charge >= 0.3 is 0 Å². The molecular formula is C26H35N3O5S. The van der Waals surface area contributed by atoms with Crippen molar-refractivity contribution in [2.45, 2.75) is 59.7 Å². The number of ketones is 1. The summed E-state index contributed by atoms with van der Waals surface area (Å²) in [6.45, 7) is 10.1. The summed E-state index contributed by atoms with van der Waals surface area (Å²) >= 11 is 0. The molecule has 0 saturated heterocycles. The second kappa shape index (κ2) is 11.0. The van der Waals surface area contributed by atoms with Crippen molar-refractivity contribution >= 4 is 33.3 Å². The fourth-order valence-corrected chi connectivity index (χ4v) is 4.28. The van der Waals surface area contributed by atoms with Crippen LogP contribution in [0.3, 0.4) is 0 Å². The summed E-state index contributed by atoms with van der Waals surface area (Å²) in [4.78, 5) is 39.7. The first-order chi connectivity index (χ1) is 16.1. The van der Waals surface area contributed by atoms with Gasteiger partial charge in [-0.3, -0.25) is 18.7 Å². The van der Waals surface area contributed by atoms with Crippen molar-refractivity contribution in [3.05, 3.63) is 65.2 Å². The van der Waals surface area contributed by atoms with Crippen LogP contribution in [-0.4, -0.2) is 55.3 Å². The molecule has 0 spiro atoms. The molecule has 0 aromatic heterocycles. The summed E-state index contributed by atoms with van der Waals surface area (Å²) in [5, 5.41) is 2.88. The summed E-state index contributed by atoms with van der Waals surface area (Å²) in [7, 11) is -3.87. The van der Waals surface area contributed by atoms with E-state index in [4.69, 9.17) is 0 Å². The van der Waals surface area contributed by atoms with Gasteiger partial charge in [0, 0.05) is 17.6 Å². The van der Waals surface area contributed by atoms with Crippen molar-refractivity contribution in [1.29, 1.82) is 0 Å². The van der Waals surface area contributed by atoms with Gasteiger partial charge in [-0.2, -0.15) is 0 Å². The molecule has 8 nitrogen and oxygen atoms in total. The van der Waals surface area contributed by atoms with Crippen molar-refractivity contribution in [1.82, 2.24) is 10.2 Å². The average Bonchev–Trinajstić information content (AvgIpc) is 2.74. The first-order valence-electron chi connectivity index (χ1n) is 11.3. The molecule has 2 rings (SSSR count). The number of sulfonamides is 1. The Morgan fingerprint density at radius 2 is 1.63 bits per heavy atom. The number of carbonyl (C=O) groups is 3. The van der Waals surface area contributed by atoms with Gasteiger partial charge in [-0.05, 0) is 59.2 Å². The van der Waals surface area contributed by atoms with E-state index in [0.717, 1.165) is 21.7 Å². The third-order valence-corrected chi connectivity index (χ3v) is 6.50. The van der Waals surface area contributed by atoms with Crippen molar-refractivity contribution in [3.63, 3.8) is 0 Å². The maximum absolute atomic E-state index is 13.5. The number of hydrogen-bond acceptors (Lipinski definition) is 5. The quantitative estimate of drug-likeness (QED) is 0.531. The molecule has 0 fully saturated rings. The molecule has 1 N–H and O–H groups in total. The maximum Gasteiger partial charge on any atom is 0.244 e. The third kappa shape index (κ3) is 8.20. The standard InChI is InChI=1S/C26H35N3O5S/c1-18-11-13-21(14-12-18)16-28(19(2)25(32)27-26(4,5)6)24(31)17-29(35(7,33)34)23-10-8-9-22(15-23)20(3)30/h8-15,19H,16-17H2,1-7H3,(H,27,32)/t19-/m0/s1. The third-order valence-electron chi connectivity index (χ3n) is 5.36. The molecule has 0 aliphatic rings. The minimum atomic E-state index is -3.87. The van der Waals surface area contributed by atoms with E-state index in [2.05, 4.69) is 5.32 Å². The lowest BCUT2D eigenvalue weighted by Crippen LogP contribution is -2.54. The molecule has 0 bridgehead atoms. The van der Waals surface area contributed by atoms with E-state index < -0.39 is 34.1 Å². The zero-order chi connectivity index (χ0) is 26.6. The molecule has 190 valence electrons. The predicted octanol–water partition coefficient (Wildman–Crippen LogP) is 3.30. The molecule has 1 atom stereocenters.